The molecule has 2 aromatic carbocycles. The van der Waals surface area contributed by atoms with Crippen molar-refractivity contribution in [2.75, 3.05) is 47.4 Å². The molecule has 0 bridgehead atoms. The number of halogens is 1. The number of piperazine rings is 1. The van der Waals surface area contributed by atoms with Gasteiger partial charge in [-0.1, -0.05) is 17.7 Å². The second kappa shape index (κ2) is 8.91. The molecule has 0 N–H and O–H groups in total. The van der Waals surface area contributed by atoms with Crippen LogP contribution < -0.4 is 15.0 Å². The maximum absolute atomic E-state index is 12.7. The molecule has 6 nitrogen and oxygen atoms in total. The molecule has 3 aromatic rings. The average molecular weight is 442 g/mol. The highest BCUT2D eigenvalue weighted by molar-refractivity contribution is 6.31. The van der Waals surface area contributed by atoms with Gasteiger partial charge in [-0.05, 0) is 42.3 Å². The van der Waals surface area contributed by atoms with Gasteiger partial charge in [-0.2, -0.15) is 0 Å². The predicted octanol–water partition coefficient (Wildman–Crippen LogP) is 3.62. The standard InChI is InChI=1S/C24H28ClN3O3/c1-26-7-9-28(10-8-26)15-21-22(30-3)11-16(12-23(21)31-4)20-14-27(2)24(29)19-13-17(25)5-6-18(19)20/h5-6,11-14H,7-10,15H2,1-4H3. The molecule has 0 spiro atoms. The van der Waals surface area contributed by atoms with Crippen molar-refractivity contribution < 1.29 is 9.47 Å². The molecule has 7 heteroatoms. The number of ether oxygens (including phenoxy) is 2. The van der Waals surface area contributed by atoms with E-state index in [4.69, 9.17) is 21.1 Å². The highest BCUT2D eigenvalue weighted by Gasteiger charge is 2.21. The molecule has 0 unspecified atom stereocenters. The lowest BCUT2D eigenvalue weighted by Crippen LogP contribution is -2.43. The van der Waals surface area contributed by atoms with Gasteiger partial charge in [-0.3, -0.25) is 9.69 Å². The fourth-order valence-electron chi connectivity index (χ4n) is 4.20. The molecule has 4 rings (SSSR count). The van der Waals surface area contributed by atoms with Crippen LogP contribution in [0.15, 0.2) is 41.3 Å². The minimum Gasteiger partial charge on any atom is -0.496 e. The Balaban J connectivity index is 1.82. The first-order valence-electron chi connectivity index (χ1n) is 10.4. The van der Waals surface area contributed by atoms with Gasteiger partial charge in [0.25, 0.3) is 5.56 Å². The van der Waals surface area contributed by atoms with Crippen molar-refractivity contribution in [2.45, 2.75) is 6.54 Å². The van der Waals surface area contributed by atoms with Crippen molar-refractivity contribution in [3.05, 3.63) is 57.5 Å². The Kier molecular flexibility index (Phi) is 6.23. The third kappa shape index (κ3) is 4.28. The highest BCUT2D eigenvalue weighted by Crippen LogP contribution is 2.38. The molecule has 2 heterocycles. The van der Waals surface area contributed by atoms with Crippen LogP contribution in [0, 0.1) is 0 Å². The first-order valence-corrected chi connectivity index (χ1v) is 10.7. The van der Waals surface area contributed by atoms with Gasteiger partial charge in [-0.15, -0.1) is 0 Å². The SMILES string of the molecule is COc1cc(-c2cn(C)c(=O)c3cc(Cl)ccc23)cc(OC)c1CN1CCN(C)CC1. The summed E-state index contributed by atoms with van der Waals surface area (Å²) >= 11 is 6.16. The van der Waals surface area contributed by atoms with E-state index >= 15 is 0 Å². The van der Waals surface area contributed by atoms with E-state index in [0.717, 1.165) is 66.3 Å². The Morgan fingerprint density at radius 2 is 1.58 bits per heavy atom. The smallest absolute Gasteiger partial charge is 0.258 e. The van der Waals surface area contributed by atoms with Crippen LogP contribution in [0.5, 0.6) is 11.5 Å². The van der Waals surface area contributed by atoms with Gasteiger partial charge < -0.3 is 18.9 Å². The minimum absolute atomic E-state index is 0.0770. The number of rotatable bonds is 5. The van der Waals surface area contributed by atoms with E-state index in [1.165, 1.54) is 0 Å². The van der Waals surface area contributed by atoms with E-state index in [-0.39, 0.29) is 5.56 Å². The van der Waals surface area contributed by atoms with Crippen LogP contribution >= 0.6 is 11.6 Å². The number of hydrogen-bond acceptors (Lipinski definition) is 5. The van der Waals surface area contributed by atoms with Crippen molar-refractivity contribution >= 4 is 22.4 Å². The van der Waals surface area contributed by atoms with Crippen LogP contribution in [0.2, 0.25) is 5.02 Å². The molecular formula is C24H28ClN3O3. The van der Waals surface area contributed by atoms with Gasteiger partial charge >= 0.3 is 0 Å². The summed E-state index contributed by atoms with van der Waals surface area (Å²) in [6, 6.07) is 9.48. The van der Waals surface area contributed by atoms with Gasteiger partial charge in [0.1, 0.15) is 11.5 Å². The van der Waals surface area contributed by atoms with Crippen LogP contribution in [-0.2, 0) is 13.6 Å². The normalized spacial score (nSPS) is 15.4. The van der Waals surface area contributed by atoms with E-state index in [2.05, 4.69) is 16.8 Å². The van der Waals surface area contributed by atoms with Crippen LogP contribution in [0.3, 0.4) is 0 Å². The van der Waals surface area contributed by atoms with Gasteiger partial charge in [0.05, 0.1) is 19.8 Å². The summed E-state index contributed by atoms with van der Waals surface area (Å²) in [6.07, 6.45) is 1.85. The van der Waals surface area contributed by atoms with Crippen molar-refractivity contribution in [3.8, 4) is 22.6 Å². The zero-order valence-electron chi connectivity index (χ0n) is 18.4. The maximum Gasteiger partial charge on any atom is 0.258 e. The van der Waals surface area contributed by atoms with Crippen LogP contribution in [0.25, 0.3) is 21.9 Å². The van der Waals surface area contributed by atoms with Crippen molar-refractivity contribution in [3.63, 3.8) is 0 Å². The molecule has 0 radical (unpaired) electrons. The molecule has 31 heavy (non-hydrogen) atoms. The van der Waals surface area contributed by atoms with Gasteiger partial charge in [0.2, 0.25) is 0 Å². The molecule has 1 aromatic heterocycles. The molecule has 0 atom stereocenters. The van der Waals surface area contributed by atoms with E-state index in [0.29, 0.717) is 10.4 Å². The summed E-state index contributed by atoms with van der Waals surface area (Å²) in [5, 5.41) is 1.98. The van der Waals surface area contributed by atoms with Gasteiger partial charge in [-0.25, -0.2) is 0 Å². The summed E-state index contributed by atoms with van der Waals surface area (Å²) in [5.74, 6) is 1.56. The van der Waals surface area contributed by atoms with Crippen LogP contribution in [0.4, 0.5) is 0 Å². The van der Waals surface area contributed by atoms with E-state index in [1.807, 2.05) is 30.5 Å². The lowest BCUT2D eigenvalue weighted by Gasteiger charge is -2.33. The fraction of sp³-hybridized carbons (Fsp3) is 0.375. The number of aryl methyl sites for hydroxylation is 1. The van der Waals surface area contributed by atoms with E-state index in [1.54, 1.807) is 31.9 Å². The fourth-order valence-corrected chi connectivity index (χ4v) is 4.37. The topological polar surface area (TPSA) is 46.9 Å². The number of aromatic nitrogens is 1. The molecule has 1 saturated heterocycles. The number of nitrogens with zero attached hydrogens (tertiary/aromatic N) is 3. The molecule has 1 aliphatic rings. The van der Waals surface area contributed by atoms with Gasteiger partial charge in [0.15, 0.2) is 0 Å². The van der Waals surface area contributed by atoms with Crippen LogP contribution in [0.1, 0.15) is 5.56 Å². The summed E-state index contributed by atoms with van der Waals surface area (Å²) in [7, 11) is 7.27. The quantitative estimate of drug-likeness (QED) is 0.605. The number of hydrogen-bond donors (Lipinski definition) is 0. The monoisotopic (exact) mass is 441 g/mol. The lowest BCUT2D eigenvalue weighted by molar-refractivity contribution is 0.146. The number of fused-ring (bicyclic) bond motifs is 1. The average Bonchev–Trinajstić information content (AvgIpc) is 2.77. The minimum atomic E-state index is -0.0770. The first kappa shape index (κ1) is 21.7. The second-order valence-electron chi connectivity index (χ2n) is 8.09. The van der Waals surface area contributed by atoms with E-state index in [9.17, 15) is 4.79 Å². The number of likely N-dealkylation sites (N-methyl/N-ethyl adjacent to an activating group) is 1. The highest BCUT2D eigenvalue weighted by atomic mass is 35.5. The molecule has 164 valence electrons. The van der Waals surface area contributed by atoms with Crippen molar-refractivity contribution in [1.82, 2.24) is 14.4 Å². The lowest BCUT2D eigenvalue weighted by atomic mass is 9.98. The Hall–Kier alpha value is -2.54. The Bertz CT molecular complexity index is 1140. The molecule has 0 aliphatic carbocycles. The summed E-state index contributed by atoms with van der Waals surface area (Å²) < 4.78 is 13.2. The Morgan fingerprint density at radius 3 is 2.19 bits per heavy atom. The summed E-state index contributed by atoms with van der Waals surface area (Å²) in [5.41, 5.74) is 2.82. The molecule has 0 saturated carbocycles. The summed E-state index contributed by atoms with van der Waals surface area (Å²) in [6.45, 7) is 4.89. The van der Waals surface area contributed by atoms with Crippen LogP contribution in [-0.4, -0.2) is 61.8 Å². The third-order valence-electron chi connectivity index (χ3n) is 6.04. The summed E-state index contributed by atoms with van der Waals surface area (Å²) in [4.78, 5) is 17.4. The van der Waals surface area contributed by atoms with Crippen molar-refractivity contribution in [1.29, 1.82) is 0 Å². The number of pyridine rings is 1. The second-order valence-corrected chi connectivity index (χ2v) is 8.52. The zero-order chi connectivity index (χ0) is 22.1. The molecule has 0 amide bonds. The third-order valence-corrected chi connectivity index (χ3v) is 6.28. The first-order chi connectivity index (χ1) is 14.9. The Labute approximate surface area is 187 Å². The predicted molar refractivity (Wildman–Crippen MR) is 126 cm³/mol. The van der Waals surface area contributed by atoms with Crippen molar-refractivity contribution in [2.24, 2.45) is 7.05 Å². The number of methoxy groups -OCH3 is 2. The largest absolute Gasteiger partial charge is 0.496 e. The van der Waals surface area contributed by atoms with Gasteiger partial charge in [0, 0.05) is 61.9 Å². The zero-order valence-corrected chi connectivity index (χ0v) is 19.2. The molecular weight excluding hydrogens is 414 g/mol. The number of benzene rings is 2. The molecule has 1 aliphatic heterocycles. The molecule has 1 fully saturated rings. The maximum atomic E-state index is 12.7. The Morgan fingerprint density at radius 1 is 0.935 bits per heavy atom. The van der Waals surface area contributed by atoms with E-state index < -0.39 is 0 Å².